The molecule has 2 unspecified atom stereocenters. The van der Waals surface area contributed by atoms with E-state index in [-0.39, 0.29) is 51.5 Å². The maximum atomic E-state index is 14.7. The van der Waals surface area contributed by atoms with Gasteiger partial charge < -0.3 is 76.9 Å². The van der Waals surface area contributed by atoms with Gasteiger partial charge in [-0.05, 0) is 98.5 Å². The summed E-state index contributed by atoms with van der Waals surface area (Å²) >= 11 is 0. The third-order valence-electron chi connectivity index (χ3n) is 15.1. The maximum absolute atomic E-state index is 14.7. The lowest BCUT2D eigenvalue weighted by molar-refractivity contribution is -0.130. The molecule has 0 saturated carbocycles. The van der Waals surface area contributed by atoms with Gasteiger partial charge in [0.25, 0.3) is 11.8 Å². The lowest BCUT2D eigenvalue weighted by atomic mass is 10.1. The molecule has 6 aromatic carbocycles. The molecule has 492 valence electrons. The number of nitrogens with one attached hydrogen (secondary N) is 2. The minimum absolute atomic E-state index is 0.0756. The van der Waals surface area contributed by atoms with Gasteiger partial charge in [0.1, 0.15) is 52.9 Å². The SMILES string of the molecule is CCCCCCCCC(Oc1ccccc1OCCCOc1ccccc1OC(CCCCCCCC)C(=O)NC1COc2ccccc2OCCOCCOc2ccccc2OC1)C(=O)NC1COc2ccccc2OCCOCCOc2ccccc2OC1. The van der Waals surface area contributed by atoms with E-state index in [1.165, 1.54) is 12.8 Å². The van der Waals surface area contributed by atoms with E-state index in [2.05, 4.69) is 24.5 Å². The van der Waals surface area contributed by atoms with Gasteiger partial charge in [0.05, 0.1) is 51.7 Å². The molecule has 2 aliphatic rings. The number of hydrogen-bond acceptors (Lipinski definition) is 16. The molecule has 0 radical (unpaired) electrons. The molecule has 8 rings (SSSR count). The van der Waals surface area contributed by atoms with Crippen molar-refractivity contribution < 1.29 is 75.9 Å². The predicted molar refractivity (Wildman–Crippen MR) is 349 cm³/mol. The van der Waals surface area contributed by atoms with Gasteiger partial charge in [0.2, 0.25) is 0 Å². The molecule has 0 fully saturated rings. The van der Waals surface area contributed by atoms with E-state index in [0.29, 0.717) is 141 Å². The summed E-state index contributed by atoms with van der Waals surface area (Å²) in [6, 6.07) is 43.3. The fraction of sp³-hybridized carbons (Fsp3) is 0.479. The van der Waals surface area contributed by atoms with Crippen molar-refractivity contribution in [3.63, 3.8) is 0 Å². The van der Waals surface area contributed by atoms with Crippen molar-refractivity contribution >= 4 is 11.8 Å². The predicted octanol–water partition coefficient (Wildman–Crippen LogP) is 13.4. The maximum Gasteiger partial charge on any atom is 0.261 e. The Hall–Kier alpha value is -8.22. The highest BCUT2D eigenvalue weighted by Crippen LogP contribution is 2.34. The summed E-state index contributed by atoms with van der Waals surface area (Å²) in [6.07, 6.45) is 12.2. The van der Waals surface area contributed by atoms with Crippen LogP contribution in [0.5, 0.6) is 69.0 Å². The van der Waals surface area contributed by atoms with Gasteiger partial charge in [0, 0.05) is 6.42 Å². The molecule has 91 heavy (non-hydrogen) atoms. The van der Waals surface area contributed by atoms with E-state index in [1.807, 2.05) is 146 Å². The molecule has 0 bridgehead atoms. The van der Waals surface area contributed by atoms with Crippen molar-refractivity contribution in [2.45, 2.75) is 134 Å². The molecule has 0 aliphatic carbocycles. The van der Waals surface area contributed by atoms with Crippen molar-refractivity contribution in [2.75, 3.05) is 92.5 Å². The van der Waals surface area contributed by atoms with E-state index in [9.17, 15) is 9.59 Å². The van der Waals surface area contributed by atoms with E-state index in [0.717, 1.165) is 64.2 Å². The summed E-state index contributed by atoms with van der Waals surface area (Å²) in [7, 11) is 0. The van der Waals surface area contributed by atoms with Crippen LogP contribution in [0.2, 0.25) is 0 Å². The topological polar surface area (TPSA) is 187 Å². The van der Waals surface area contributed by atoms with Crippen LogP contribution in [0.4, 0.5) is 0 Å². The zero-order chi connectivity index (χ0) is 63.2. The average Bonchev–Trinajstić information content (AvgIpc) is 3.12. The van der Waals surface area contributed by atoms with E-state index < -0.39 is 24.3 Å². The zero-order valence-electron chi connectivity index (χ0n) is 53.2. The summed E-state index contributed by atoms with van der Waals surface area (Å²) in [6.45, 7) is 7.98. The lowest BCUT2D eigenvalue weighted by Crippen LogP contribution is -2.48. The number of ether oxygens (including phenoxy) is 14. The Balaban J connectivity index is 0.915. The van der Waals surface area contributed by atoms with Crippen LogP contribution in [0.3, 0.4) is 0 Å². The summed E-state index contributed by atoms with van der Waals surface area (Å²) < 4.78 is 87.3. The monoisotopic (exact) mass is 1250 g/mol. The zero-order valence-corrected chi connectivity index (χ0v) is 53.2. The van der Waals surface area contributed by atoms with Crippen LogP contribution < -0.4 is 67.5 Å². The number of carbonyl (C=O) groups excluding carboxylic acids is 2. The third kappa shape index (κ3) is 24.5. The number of benzene rings is 6. The first-order valence-corrected chi connectivity index (χ1v) is 32.9. The largest absolute Gasteiger partial charge is 0.490 e. The Morgan fingerprint density at radius 2 is 0.626 bits per heavy atom. The Morgan fingerprint density at radius 1 is 0.352 bits per heavy atom. The highest BCUT2D eigenvalue weighted by Gasteiger charge is 2.28. The molecular weight excluding hydrogens is 1160 g/mol. The number of fused-ring (bicyclic) bond motifs is 4. The lowest BCUT2D eigenvalue weighted by Gasteiger charge is -2.25. The van der Waals surface area contributed by atoms with Crippen LogP contribution in [0, 0.1) is 0 Å². The Morgan fingerprint density at radius 3 is 0.945 bits per heavy atom. The van der Waals surface area contributed by atoms with Crippen LogP contribution in [-0.2, 0) is 19.1 Å². The summed E-state index contributed by atoms with van der Waals surface area (Å²) in [5.41, 5.74) is 0. The van der Waals surface area contributed by atoms with Crippen LogP contribution in [0.25, 0.3) is 0 Å². The van der Waals surface area contributed by atoms with Crippen molar-refractivity contribution in [3.8, 4) is 69.0 Å². The van der Waals surface area contributed by atoms with E-state index >= 15 is 0 Å². The highest BCUT2D eigenvalue weighted by atomic mass is 16.6. The van der Waals surface area contributed by atoms with Gasteiger partial charge in [0.15, 0.2) is 81.2 Å². The molecule has 0 saturated heterocycles. The molecule has 2 N–H and O–H groups in total. The minimum atomic E-state index is -0.865. The van der Waals surface area contributed by atoms with Gasteiger partial charge in [-0.1, -0.05) is 151 Å². The van der Waals surface area contributed by atoms with Crippen molar-refractivity contribution in [1.82, 2.24) is 10.6 Å². The van der Waals surface area contributed by atoms with E-state index in [4.69, 9.17) is 66.3 Å². The summed E-state index contributed by atoms with van der Waals surface area (Å²) in [5, 5.41) is 6.43. The quantitative estimate of drug-likeness (QED) is 0.0441. The number of amides is 2. The Bertz CT molecular complexity index is 2710. The molecule has 2 aliphatic heterocycles. The van der Waals surface area contributed by atoms with Gasteiger partial charge in [-0.2, -0.15) is 0 Å². The van der Waals surface area contributed by atoms with Crippen molar-refractivity contribution in [1.29, 1.82) is 0 Å². The molecular formula is C73H94N2O16. The van der Waals surface area contributed by atoms with Gasteiger partial charge in [-0.15, -0.1) is 0 Å². The second-order valence-corrected chi connectivity index (χ2v) is 22.3. The van der Waals surface area contributed by atoms with Gasteiger partial charge in [-0.25, -0.2) is 0 Å². The highest BCUT2D eigenvalue weighted by molar-refractivity contribution is 5.82. The van der Waals surface area contributed by atoms with Crippen molar-refractivity contribution in [3.05, 3.63) is 146 Å². The van der Waals surface area contributed by atoms with Gasteiger partial charge in [-0.3, -0.25) is 9.59 Å². The number of hydrogen-bond donors (Lipinski definition) is 2. The minimum Gasteiger partial charge on any atom is -0.490 e. The second kappa shape index (κ2) is 40.5. The van der Waals surface area contributed by atoms with E-state index in [1.54, 1.807) is 0 Å². The summed E-state index contributed by atoms with van der Waals surface area (Å²) in [5.74, 6) is 5.62. The number of carbonyl (C=O) groups is 2. The van der Waals surface area contributed by atoms with Gasteiger partial charge >= 0.3 is 0 Å². The first-order valence-electron chi connectivity index (χ1n) is 32.9. The molecule has 0 aromatic heterocycles. The molecule has 6 aromatic rings. The first-order chi connectivity index (χ1) is 44.9. The molecule has 18 nitrogen and oxygen atoms in total. The van der Waals surface area contributed by atoms with Crippen molar-refractivity contribution in [2.24, 2.45) is 0 Å². The molecule has 2 heterocycles. The molecule has 2 amide bonds. The molecule has 0 spiro atoms. The smallest absolute Gasteiger partial charge is 0.261 e. The van der Waals surface area contributed by atoms with Crippen LogP contribution in [-0.4, -0.2) is 129 Å². The summed E-state index contributed by atoms with van der Waals surface area (Å²) in [4.78, 5) is 29.3. The average molecular weight is 1260 g/mol. The van der Waals surface area contributed by atoms with Crippen LogP contribution in [0.1, 0.15) is 110 Å². The number of para-hydroxylation sites is 12. The molecule has 18 heteroatoms. The Labute approximate surface area is 537 Å². The third-order valence-corrected chi connectivity index (χ3v) is 15.1. The number of unbranched alkanes of at least 4 members (excludes halogenated alkanes) is 10. The fourth-order valence-electron chi connectivity index (χ4n) is 10.2. The fourth-order valence-corrected chi connectivity index (χ4v) is 10.2. The normalized spacial score (nSPS) is 15.2. The van der Waals surface area contributed by atoms with Crippen LogP contribution in [0.15, 0.2) is 146 Å². The van der Waals surface area contributed by atoms with Crippen LogP contribution >= 0.6 is 0 Å². The second-order valence-electron chi connectivity index (χ2n) is 22.3. The molecule has 2 atom stereocenters. The first kappa shape index (κ1) is 68.7. The standard InChI is InChI=1S/C73H94N2O16/c1-3-5-7-9-11-13-40-70(72(76)74-56-52-86-62-32-19-15-28-58(62)82-48-44-78-45-49-83-59-29-16-20-33-63(59)87-53-56)90-68-38-25-23-36-66(68)80-42-27-43-81-67-37-24-26-39-69(67)91-71(41-14-12-10-8-6-4-2)73(77)75-57-54-88-64-34-21-17-30-60(64)84-50-46-79-47-51-85-61-31-18-22-35-65(61)89-55-57/h15-26,28-39,56-57,70-71H,3-14,27,40-55H2,1-2H3,(H,74,76)(H,75,77). The Kier molecular flexibility index (Phi) is 30.6. The number of rotatable bonds is 28.